The third-order valence-electron chi connectivity index (χ3n) is 6.76. The van der Waals surface area contributed by atoms with Crippen LogP contribution in [-0.4, -0.2) is 20.8 Å². The molecule has 2 aromatic carbocycles. The van der Waals surface area contributed by atoms with E-state index in [-0.39, 0.29) is 29.4 Å². The highest BCUT2D eigenvalue weighted by Crippen LogP contribution is 2.58. The summed E-state index contributed by atoms with van der Waals surface area (Å²) < 4.78 is 101. The van der Waals surface area contributed by atoms with Crippen LogP contribution in [0.5, 0.6) is 5.75 Å². The van der Waals surface area contributed by atoms with Gasteiger partial charge in [-0.05, 0) is 61.6 Å². The first-order chi connectivity index (χ1) is 15.5. The molecule has 2 aromatic rings. The molecule has 33 heavy (non-hydrogen) atoms. The van der Waals surface area contributed by atoms with Crippen molar-refractivity contribution in [3.8, 4) is 5.75 Å². The standard InChI is InChI=1S/C22H22F5NO3S2/c23-17-7-8-18(24)20-19(17)21(10-1-2-13(9-11-32-28)16(21)12-31-20)33(29,30)15-5-3-14(4-6-15)22(25,26)27/h3-8,13,16H,1-2,9-12,28H2/t13-,16?,21-/m0/s1. The van der Waals surface area contributed by atoms with Crippen molar-refractivity contribution in [1.82, 2.24) is 0 Å². The Morgan fingerprint density at radius 1 is 1.09 bits per heavy atom. The molecule has 180 valence electrons. The van der Waals surface area contributed by atoms with Gasteiger partial charge in [0.25, 0.3) is 0 Å². The van der Waals surface area contributed by atoms with Gasteiger partial charge in [-0.1, -0.05) is 18.4 Å². The smallest absolute Gasteiger partial charge is 0.416 e. The van der Waals surface area contributed by atoms with E-state index in [9.17, 15) is 26.0 Å². The number of fused-ring (bicyclic) bond motifs is 3. The fraction of sp³-hybridized carbons (Fsp3) is 0.455. The fourth-order valence-corrected chi connectivity index (χ4v) is 8.17. The van der Waals surface area contributed by atoms with E-state index in [0.717, 1.165) is 36.2 Å². The summed E-state index contributed by atoms with van der Waals surface area (Å²) in [5.74, 6) is -2.62. The highest BCUT2D eigenvalue weighted by molar-refractivity contribution is 7.97. The molecule has 1 fully saturated rings. The predicted molar refractivity (Wildman–Crippen MR) is 114 cm³/mol. The second kappa shape index (κ2) is 8.74. The predicted octanol–water partition coefficient (Wildman–Crippen LogP) is 5.46. The summed E-state index contributed by atoms with van der Waals surface area (Å²) in [4.78, 5) is -0.370. The van der Waals surface area contributed by atoms with Gasteiger partial charge in [0.1, 0.15) is 10.6 Å². The first-order valence-electron chi connectivity index (χ1n) is 10.4. The van der Waals surface area contributed by atoms with E-state index in [2.05, 4.69) is 0 Å². The van der Waals surface area contributed by atoms with Gasteiger partial charge in [-0.25, -0.2) is 17.2 Å². The summed E-state index contributed by atoms with van der Waals surface area (Å²) >= 11 is 1.10. The largest absolute Gasteiger partial charge is 0.490 e. The van der Waals surface area contributed by atoms with Crippen LogP contribution in [0.25, 0.3) is 0 Å². The van der Waals surface area contributed by atoms with E-state index in [1.54, 1.807) is 0 Å². The van der Waals surface area contributed by atoms with Gasteiger partial charge in [0.15, 0.2) is 21.4 Å². The van der Waals surface area contributed by atoms with Crippen LogP contribution in [-0.2, 0) is 20.8 Å². The van der Waals surface area contributed by atoms with Gasteiger partial charge < -0.3 is 4.74 Å². The Kier molecular flexibility index (Phi) is 6.43. The molecule has 0 spiro atoms. The lowest BCUT2D eigenvalue weighted by atomic mass is 9.66. The van der Waals surface area contributed by atoms with Crippen molar-refractivity contribution in [2.75, 3.05) is 12.4 Å². The second-order valence-corrected chi connectivity index (χ2v) is 11.3. The van der Waals surface area contributed by atoms with Crippen molar-refractivity contribution in [3.05, 3.63) is 59.2 Å². The van der Waals surface area contributed by atoms with Crippen LogP contribution in [0.3, 0.4) is 0 Å². The lowest BCUT2D eigenvalue weighted by Gasteiger charge is -2.50. The Labute approximate surface area is 192 Å². The van der Waals surface area contributed by atoms with Crippen LogP contribution in [0.2, 0.25) is 0 Å². The van der Waals surface area contributed by atoms with Gasteiger partial charge in [0.2, 0.25) is 0 Å². The molecule has 0 amide bonds. The molecular weight excluding hydrogens is 485 g/mol. The Morgan fingerprint density at radius 3 is 2.39 bits per heavy atom. The molecule has 3 atom stereocenters. The fourth-order valence-electron chi connectivity index (χ4n) is 5.28. The van der Waals surface area contributed by atoms with Crippen LogP contribution in [0, 0.1) is 23.5 Å². The highest BCUT2D eigenvalue weighted by Gasteiger charge is 2.60. The molecule has 1 saturated carbocycles. The van der Waals surface area contributed by atoms with Crippen LogP contribution in [0.15, 0.2) is 41.3 Å². The van der Waals surface area contributed by atoms with Gasteiger partial charge >= 0.3 is 6.18 Å². The van der Waals surface area contributed by atoms with E-state index in [1.165, 1.54) is 0 Å². The van der Waals surface area contributed by atoms with Gasteiger partial charge in [-0.3, -0.25) is 5.14 Å². The minimum absolute atomic E-state index is 0.00399. The highest BCUT2D eigenvalue weighted by atomic mass is 32.2. The van der Waals surface area contributed by atoms with Gasteiger partial charge in [-0.15, -0.1) is 0 Å². The molecular formula is C22H22F5NO3S2. The van der Waals surface area contributed by atoms with Crippen LogP contribution < -0.4 is 9.88 Å². The molecule has 2 N–H and O–H groups in total. The lowest BCUT2D eigenvalue weighted by Crippen LogP contribution is -2.54. The lowest BCUT2D eigenvalue weighted by molar-refractivity contribution is -0.137. The molecule has 4 rings (SSSR count). The number of benzene rings is 2. The number of halogens is 5. The quantitative estimate of drug-likeness (QED) is 0.430. The van der Waals surface area contributed by atoms with Crippen LogP contribution in [0.4, 0.5) is 22.0 Å². The van der Waals surface area contributed by atoms with Crippen molar-refractivity contribution in [3.63, 3.8) is 0 Å². The normalized spacial score (nSPS) is 25.2. The SMILES string of the molecule is NSCC[C@@H]1CCC[C@@]2(S(=O)(=O)c3ccc(C(F)(F)F)cc3)c3c(F)ccc(F)c3OCC12. The molecule has 0 bridgehead atoms. The maximum atomic E-state index is 15.2. The zero-order valence-electron chi connectivity index (χ0n) is 17.4. The third-order valence-corrected chi connectivity index (χ3v) is 9.79. The Morgan fingerprint density at radius 2 is 1.76 bits per heavy atom. The van der Waals surface area contributed by atoms with E-state index >= 15 is 4.39 Å². The molecule has 1 heterocycles. The van der Waals surface area contributed by atoms with E-state index in [0.29, 0.717) is 37.1 Å². The first-order valence-corrected chi connectivity index (χ1v) is 12.9. The zero-order valence-corrected chi connectivity index (χ0v) is 19.0. The summed E-state index contributed by atoms with van der Waals surface area (Å²) in [6.45, 7) is -0.146. The third kappa shape index (κ3) is 3.91. The minimum Gasteiger partial charge on any atom is -0.490 e. The van der Waals surface area contributed by atoms with Crippen LogP contribution in [0.1, 0.15) is 36.8 Å². The van der Waals surface area contributed by atoms with E-state index < -0.39 is 49.6 Å². The Bertz CT molecular complexity index is 1140. The Balaban J connectivity index is 1.93. The molecule has 1 aliphatic heterocycles. The summed E-state index contributed by atoms with van der Waals surface area (Å²) in [6.07, 6.45) is -3.01. The number of sulfone groups is 1. The average Bonchev–Trinajstić information content (AvgIpc) is 2.78. The van der Waals surface area contributed by atoms with E-state index in [1.807, 2.05) is 0 Å². The van der Waals surface area contributed by atoms with Crippen LogP contribution >= 0.6 is 11.9 Å². The minimum atomic E-state index is -4.64. The summed E-state index contributed by atoms with van der Waals surface area (Å²) in [7, 11) is -4.45. The summed E-state index contributed by atoms with van der Waals surface area (Å²) in [5.41, 5.74) is -1.37. The second-order valence-electron chi connectivity index (χ2n) is 8.38. The van der Waals surface area contributed by atoms with Crippen molar-refractivity contribution in [1.29, 1.82) is 0 Å². The zero-order chi connectivity index (χ0) is 24.0. The van der Waals surface area contributed by atoms with E-state index in [4.69, 9.17) is 9.88 Å². The van der Waals surface area contributed by atoms with Crippen molar-refractivity contribution in [2.24, 2.45) is 17.0 Å². The number of alkyl halides is 3. The first kappa shape index (κ1) is 24.3. The number of hydrogen-bond acceptors (Lipinski definition) is 5. The monoisotopic (exact) mass is 507 g/mol. The molecule has 11 heteroatoms. The maximum Gasteiger partial charge on any atom is 0.416 e. The van der Waals surface area contributed by atoms with Gasteiger partial charge in [0, 0.05) is 11.7 Å². The molecule has 1 aliphatic carbocycles. The molecule has 4 nitrogen and oxygen atoms in total. The van der Waals surface area contributed by atoms with Crippen molar-refractivity contribution >= 4 is 21.8 Å². The molecule has 1 unspecified atom stereocenters. The van der Waals surface area contributed by atoms with Gasteiger partial charge in [0.05, 0.1) is 22.6 Å². The number of ether oxygens (including phenoxy) is 1. The maximum absolute atomic E-state index is 15.2. The van der Waals surface area contributed by atoms with Gasteiger partial charge in [-0.2, -0.15) is 13.2 Å². The number of nitrogens with two attached hydrogens (primary N) is 1. The summed E-state index contributed by atoms with van der Waals surface area (Å²) in [5, 5.41) is 5.56. The number of rotatable bonds is 5. The molecule has 0 aromatic heterocycles. The summed E-state index contributed by atoms with van der Waals surface area (Å²) in [6, 6.07) is 4.88. The Hall–Kier alpha value is -1.85. The molecule has 0 radical (unpaired) electrons. The topological polar surface area (TPSA) is 69.4 Å². The van der Waals surface area contributed by atoms with Crippen molar-refractivity contribution in [2.45, 2.75) is 41.5 Å². The molecule has 2 aliphatic rings. The molecule has 0 saturated heterocycles. The van der Waals surface area contributed by atoms with Crippen molar-refractivity contribution < 1.29 is 35.1 Å². The number of hydrogen-bond donors (Lipinski definition) is 1. The average molecular weight is 508 g/mol.